The van der Waals surface area contributed by atoms with Crippen LogP contribution in [0.2, 0.25) is 0 Å². The summed E-state index contributed by atoms with van der Waals surface area (Å²) in [6.45, 7) is 6.46. The van der Waals surface area contributed by atoms with Gasteiger partial charge in [0.05, 0.1) is 11.2 Å². The molecule has 6 rings (SSSR count). The summed E-state index contributed by atoms with van der Waals surface area (Å²) in [6.07, 6.45) is 1.83. The molecule has 5 heteroatoms. The molecule has 0 fully saturated rings. The summed E-state index contributed by atoms with van der Waals surface area (Å²) in [6, 6.07) is 33.8. The van der Waals surface area contributed by atoms with Gasteiger partial charge in [0.25, 0.3) is 0 Å². The molecule has 0 aliphatic carbocycles. The molecule has 37 heavy (non-hydrogen) atoms. The third kappa shape index (κ3) is 4.26. The van der Waals surface area contributed by atoms with Gasteiger partial charge in [0.1, 0.15) is 11.4 Å². The van der Waals surface area contributed by atoms with E-state index in [0.29, 0.717) is 5.69 Å². The molecule has 0 aliphatic heterocycles. The minimum atomic E-state index is -0.309. The summed E-state index contributed by atoms with van der Waals surface area (Å²) in [7, 11) is 0. The van der Waals surface area contributed by atoms with Crippen molar-refractivity contribution < 1.29 is 26.2 Å². The van der Waals surface area contributed by atoms with Crippen molar-refractivity contribution in [1.29, 1.82) is 0 Å². The van der Waals surface area contributed by atoms with E-state index in [0.717, 1.165) is 50.0 Å². The fourth-order valence-electron chi connectivity index (χ4n) is 4.95. The Morgan fingerprint density at radius 3 is 2.38 bits per heavy atom. The summed E-state index contributed by atoms with van der Waals surface area (Å²) in [5.41, 5.74) is 7.19. The molecule has 1 N–H and O–H groups in total. The zero-order valence-corrected chi connectivity index (χ0v) is 23.1. The van der Waals surface area contributed by atoms with E-state index < -0.39 is 0 Å². The van der Waals surface area contributed by atoms with E-state index in [1.807, 2.05) is 53.2 Å². The second kappa shape index (κ2) is 9.61. The Morgan fingerprint density at radius 1 is 0.838 bits per heavy atom. The van der Waals surface area contributed by atoms with Crippen molar-refractivity contribution in [3.63, 3.8) is 0 Å². The molecule has 0 saturated heterocycles. The fourth-order valence-corrected chi connectivity index (χ4v) is 4.95. The van der Waals surface area contributed by atoms with Crippen molar-refractivity contribution in [3.05, 3.63) is 120 Å². The third-order valence-corrected chi connectivity index (χ3v) is 6.91. The molecule has 186 valence electrons. The SMILES string of the molecule is Cc1cc(-c2ccc3c4ccccc4n(-c4ccccc4O)c3n2)[c-]c(C(C)(C)c2ccccn2)c1.[Pt]. The van der Waals surface area contributed by atoms with Gasteiger partial charge in [-0.15, -0.1) is 34.9 Å². The smallest absolute Gasteiger partial charge is 0.139 e. The zero-order chi connectivity index (χ0) is 24.9. The quantitative estimate of drug-likeness (QED) is 0.201. The summed E-state index contributed by atoms with van der Waals surface area (Å²) in [5, 5.41) is 12.8. The summed E-state index contributed by atoms with van der Waals surface area (Å²) in [5.74, 6) is 0.217. The molecule has 3 aromatic heterocycles. The number of benzene rings is 3. The van der Waals surface area contributed by atoms with Gasteiger partial charge in [-0.3, -0.25) is 14.5 Å². The standard InChI is InChI=1S/C32H26N3O.Pt/c1-21-18-22(20-23(19-21)32(2,3)30-14-8-9-17-33-30)26-16-15-25-24-10-4-5-11-27(24)35(31(25)34-26)28-12-6-7-13-29(28)36;/h4-19,36H,1-3H3;/q-1;. The van der Waals surface area contributed by atoms with Crippen LogP contribution < -0.4 is 0 Å². The first-order valence-electron chi connectivity index (χ1n) is 12.1. The van der Waals surface area contributed by atoms with Crippen LogP contribution in [0.5, 0.6) is 5.75 Å². The van der Waals surface area contributed by atoms with E-state index in [4.69, 9.17) is 4.98 Å². The Labute approximate surface area is 230 Å². The molecule has 0 saturated carbocycles. The van der Waals surface area contributed by atoms with E-state index in [1.165, 1.54) is 0 Å². The van der Waals surface area contributed by atoms with Gasteiger partial charge < -0.3 is 5.11 Å². The van der Waals surface area contributed by atoms with Crippen molar-refractivity contribution in [1.82, 2.24) is 14.5 Å². The number of phenolic OH excluding ortho intramolecular Hbond substituents is 1. The number of rotatable bonds is 4. The number of hydrogen-bond donors (Lipinski definition) is 1. The number of aryl methyl sites for hydroxylation is 1. The second-order valence-corrected chi connectivity index (χ2v) is 9.73. The molecule has 0 radical (unpaired) electrons. The second-order valence-electron chi connectivity index (χ2n) is 9.73. The summed E-state index contributed by atoms with van der Waals surface area (Å²) in [4.78, 5) is 9.76. The monoisotopic (exact) mass is 663 g/mol. The van der Waals surface area contributed by atoms with Gasteiger partial charge in [-0.25, -0.2) is 0 Å². The average Bonchev–Trinajstić information content (AvgIpc) is 3.23. The van der Waals surface area contributed by atoms with Crippen LogP contribution in [0.25, 0.3) is 38.9 Å². The molecule has 0 atom stereocenters. The molecule has 0 amide bonds. The predicted molar refractivity (Wildman–Crippen MR) is 146 cm³/mol. The molecule has 0 bridgehead atoms. The van der Waals surface area contributed by atoms with E-state index in [2.05, 4.69) is 74.3 Å². The van der Waals surface area contributed by atoms with Crippen molar-refractivity contribution in [3.8, 4) is 22.7 Å². The van der Waals surface area contributed by atoms with Gasteiger partial charge in [-0.05, 0) is 36.0 Å². The summed E-state index contributed by atoms with van der Waals surface area (Å²) >= 11 is 0. The predicted octanol–water partition coefficient (Wildman–Crippen LogP) is 7.38. The Morgan fingerprint density at radius 2 is 1.59 bits per heavy atom. The Balaban J connectivity index is 0.00000280. The number of aromatic nitrogens is 3. The van der Waals surface area contributed by atoms with Gasteiger partial charge in [-0.1, -0.05) is 69.3 Å². The van der Waals surface area contributed by atoms with E-state index in [-0.39, 0.29) is 32.2 Å². The number of aromatic hydroxyl groups is 1. The minimum absolute atomic E-state index is 0. The van der Waals surface area contributed by atoms with Crippen molar-refractivity contribution in [2.75, 3.05) is 0 Å². The van der Waals surface area contributed by atoms with Gasteiger partial charge >= 0.3 is 0 Å². The minimum Gasteiger partial charge on any atom is -0.506 e. The van der Waals surface area contributed by atoms with Gasteiger partial charge in [0.15, 0.2) is 0 Å². The number of fused-ring (bicyclic) bond motifs is 3. The zero-order valence-electron chi connectivity index (χ0n) is 20.8. The maximum Gasteiger partial charge on any atom is 0.139 e. The van der Waals surface area contributed by atoms with Crippen molar-refractivity contribution in [2.24, 2.45) is 0 Å². The van der Waals surface area contributed by atoms with Crippen LogP contribution in [0.3, 0.4) is 0 Å². The van der Waals surface area contributed by atoms with E-state index in [1.54, 1.807) is 6.07 Å². The molecule has 6 aromatic rings. The molecular weight excluding hydrogens is 637 g/mol. The third-order valence-electron chi connectivity index (χ3n) is 6.91. The van der Waals surface area contributed by atoms with Gasteiger partial charge in [0.2, 0.25) is 0 Å². The van der Waals surface area contributed by atoms with Crippen LogP contribution in [-0.2, 0) is 26.5 Å². The van der Waals surface area contributed by atoms with Crippen molar-refractivity contribution in [2.45, 2.75) is 26.2 Å². The van der Waals surface area contributed by atoms with Crippen LogP contribution in [0.15, 0.2) is 97.2 Å². The first kappa shape index (κ1) is 24.9. The number of para-hydroxylation sites is 3. The first-order valence-corrected chi connectivity index (χ1v) is 12.1. The Bertz CT molecular complexity index is 1740. The van der Waals surface area contributed by atoms with E-state index in [9.17, 15) is 5.11 Å². The van der Waals surface area contributed by atoms with Crippen LogP contribution in [0.1, 0.15) is 30.7 Å². The van der Waals surface area contributed by atoms with Crippen LogP contribution in [-0.4, -0.2) is 19.6 Å². The Hall–Kier alpha value is -3.75. The first-order chi connectivity index (χ1) is 17.4. The maximum absolute atomic E-state index is 10.7. The molecule has 3 heterocycles. The average molecular weight is 664 g/mol. The number of hydrogen-bond acceptors (Lipinski definition) is 3. The number of phenols is 1. The van der Waals surface area contributed by atoms with Gasteiger partial charge in [0, 0.05) is 49.1 Å². The molecule has 4 nitrogen and oxygen atoms in total. The van der Waals surface area contributed by atoms with Crippen LogP contribution >= 0.6 is 0 Å². The molecule has 0 spiro atoms. The topological polar surface area (TPSA) is 50.9 Å². The fraction of sp³-hybridized carbons (Fsp3) is 0.125. The van der Waals surface area contributed by atoms with Crippen LogP contribution in [0.4, 0.5) is 0 Å². The van der Waals surface area contributed by atoms with Crippen molar-refractivity contribution >= 4 is 21.9 Å². The number of nitrogens with zero attached hydrogens (tertiary/aromatic N) is 3. The van der Waals surface area contributed by atoms with Crippen LogP contribution in [0, 0.1) is 13.0 Å². The van der Waals surface area contributed by atoms with E-state index >= 15 is 0 Å². The molecular formula is C32H26N3OPt-. The normalized spacial score (nSPS) is 11.5. The molecule has 0 unspecified atom stereocenters. The van der Waals surface area contributed by atoms with Gasteiger partial charge in [-0.2, -0.15) is 0 Å². The largest absolute Gasteiger partial charge is 0.506 e. The Kier molecular flexibility index (Phi) is 6.47. The molecule has 0 aliphatic rings. The number of pyridine rings is 2. The summed E-state index contributed by atoms with van der Waals surface area (Å²) < 4.78 is 2.04. The maximum atomic E-state index is 10.7. The molecule has 3 aromatic carbocycles.